The molecule has 1 aliphatic rings. The number of aromatic nitrogens is 3. The third-order valence-corrected chi connectivity index (χ3v) is 4.79. The number of amides is 1. The Kier molecular flexibility index (Phi) is 4.14. The second kappa shape index (κ2) is 6.43. The number of nitrogens with one attached hydrogen (secondary N) is 1. The predicted molar refractivity (Wildman–Crippen MR) is 98.4 cm³/mol. The summed E-state index contributed by atoms with van der Waals surface area (Å²) in [6.45, 7) is 0. The van der Waals surface area contributed by atoms with Gasteiger partial charge in [0.2, 0.25) is 5.54 Å². The smallest absolute Gasteiger partial charge is 0.369 e. The minimum Gasteiger partial charge on any atom is -0.369 e. The Hall–Kier alpha value is -3.69. The van der Waals surface area contributed by atoms with Crippen LogP contribution in [0.25, 0.3) is 11.3 Å². The summed E-state index contributed by atoms with van der Waals surface area (Å²) in [5.74, 6) is -0.562. The summed E-state index contributed by atoms with van der Waals surface area (Å²) in [5, 5.41) is 6.74. The van der Waals surface area contributed by atoms with Crippen LogP contribution in [-0.2, 0) is 16.5 Å². The lowest BCUT2D eigenvalue weighted by Gasteiger charge is -2.25. The number of rotatable bonds is 3. The number of benzene rings is 1. The van der Waals surface area contributed by atoms with Gasteiger partial charge in [0.1, 0.15) is 0 Å². The molecule has 29 heavy (non-hydrogen) atoms. The van der Waals surface area contributed by atoms with E-state index >= 15 is 0 Å². The Morgan fingerprint density at radius 3 is 2.52 bits per heavy atom. The topological polar surface area (TPSA) is 100 Å². The Balaban J connectivity index is 1.90. The lowest BCUT2D eigenvalue weighted by atomic mass is 9.85. The molecule has 1 unspecified atom stereocenters. The van der Waals surface area contributed by atoms with Crippen LogP contribution in [0.5, 0.6) is 0 Å². The molecule has 3 heterocycles. The fourth-order valence-corrected chi connectivity index (χ4v) is 3.25. The number of H-pyrrole nitrogens is 1. The number of nitrogens with two attached hydrogens (primary N) is 1. The zero-order chi connectivity index (χ0) is 20.8. The number of hydrogen-bond donors (Lipinski definition) is 2. The van der Waals surface area contributed by atoms with Gasteiger partial charge in [0.05, 0.1) is 17.0 Å². The van der Waals surface area contributed by atoms with E-state index in [-0.39, 0.29) is 11.7 Å². The molecule has 0 spiro atoms. The highest BCUT2D eigenvalue weighted by atomic mass is 19.4. The first-order valence-electron chi connectivity index (χ1n) is 8.51. The van der Waals surface area contributed by atoms with Gasteiger partial charge in [-0.25, -0.2) is 4.99 Å². The van der Waals surface area contributed by atoms with Crippen LogP contribution >= 0.6 is 0 Å². The molecule has 3 N–H and O–H groups in total. The molecule has 1 atom stereocenters. The summed E-state index contributed by atoms with van der Waals surface area (Å²) in [7, 11) is 1.45. The summed E-state index contributed by atoms with van der Waals surface area (Å²) in [6.07, 6.45) is -2.27. The van der Waals surface area contributed by atoms with Gasteiger partial charge in [-0.05, 0) is 35.4 Å². The molecular weight excluding hydrogens is 385 g/mol. The van der Waals surface area contributed by atoms with Crippen molar-refractivity contribution >= 4 is 11.9 Å². The van der Waals surface area contributed by atoms with E-state index in [0.717, 1.165) is 22.6 Å². The highest BCUT2D eigenvalue weighted by Crippen LogP contribution is 2.40. The van der Waals surface area contributed by atoms with Gasteiger partial charge in [-0.15, -0.1) is 0 Å². The van der Waals surface area contributed by atoms with Crippen molar-refractivity contribution in [3.8, 4) is 11.3 Å². The molecule has 1 aliphatic heterocycles. The highest BCUT2D eigenvalue weighted by molar-refractivity contribution is 6.08. The van der Waals surface area contributed by atoms with Gasteiger partial charge < -0.3 is 5.73 Å². The summed E-state index contributed by atoms with van der Waals surface area (Å²) in [6, 6.07) is 10.7. The standard InChI is InChI=1S/C19H15F3N6O/c1-28-16(29)18(26-17(28)23,15-6-5-13(10-24-15)19(20,21)22)12-4-2-3-11(9-12)14-7-8-25-27-14/h2-10H,1H3,(H2,23,26)(H,25,27). The molecule has 1 aromatic carbocycles. The zero-order valence-corrected chi connectivity index (χ0v) is 15.1. The van der Waals surface area contributed by atoms with E-state index in [9.17, 15) is 18.0 Å². The van der Waals surface area contributed by atoms with Gasteiger partial charge in [-0.1, -0.05) is 18.2 Å². The molecule has 0 saturated heterocycles. The Labute approximate surface area is 163 Å². The molecular formula is C19H15F3N6O. The first-order chi connectivity index (χ1) is 13.7. The van der Waals surface area contributed by atoms with Crippen molar-refractivity contribution in [2.75, 3.05) is 7.05 Å². The van der Waals surface area contributed by atoms with Gasteiger partial charge in [-0.2, -0.15) is 18.3 Å². The van der Waals surface area contributed by atoms with Crippen molar-refractivity contribution in [2.24, 2.45) is 10.7 Å². The molecule has 4 rings (SSSR count). The summed E-state index contributed by atoms with van der Waals surface area (Å²) >= 11 is 0. The van der Waals surface area contributed by atoms with Gasteiger partial charge >= 0.3 is 6.18 Å². The second-order valence-corrected chi connectivity index (χ2v) is 6.53. The molecule has 0 saturated carbocycles. The van der Waals surface area contributed by atoms with Gasteiger partial charge in [0.25, 0.3) is 5.91 Å². The lowest BCUT2D eigenvalue weighted by molar-refractivity contribution is -0.137. The number of carbonyl (C=O) groups is 1. The first kappa shape index (κ1) is 18.7. The highest BCUT2D eigenvalue weighted by Gasteiger charge is 2.51. The second-order valence-electron chi connectivity index (χ2n) is 6.53. The third-order valence-electron chi connectivity index (χ3n) is 4.79. The molecule has 10 heteroatoms. The van der Waals surface area contributed by atoms with E-state index in [1.807, 2.05) is 0 Å². The van der Waals surface area contributed by atoms with Crippen molar-refractivity contribution in [3.05, 3.63) is 71.7 Å². The van der Waals surface area contributed by atoms with Crippen molar-refractivity contribution in [1.29, 1.82) is 0 Å². The van der Waals surface area contributed by atoms with E-state index in [4.69, 9.17) is 5.73 Å². The molecule has 3 aromatic rings. The number of aromatic amines is 1. The third kappa shape index (κ3) is 2.93. The van der Waals surface area contributed by atoms with Crippen molar-refractivity contribution in [2.45, 2.75) is 11.7 Å². The van der Waals surface area contributed by atoms with Crippen LogP contribution < -0.4 is 5.73 Å². The van der Waals surface area contributed by atoms with E-state index < -0.39 is 23.2 Å². The van der Waals surface area contributed by atoms with Gasteiger partial charge in [0, 0.05) is 19.4 Å². The number of pyridine rings is 1. The number of halogens is 3. The normalized spacial score (nSPS) is 19.5. The van der Waals surface area contributed by atoms with E-state index in [0.29, 0.717) is 17.5 Å². The van der Waals surface area contributed by atoms with Crippen LogP contribution in [-0.4, -0.2) is 39.0 Å². The molecule has 148 valence electrons. The summed E-state index contributed by atoms with van der Waals surface area (Å²) in [4.78, 5) is 22.6. The number of likely N-dealkylation sites (N-methyl/N-ethyl adjacent to an activating group) is 1. The minimum atomic E-state index is -4.54. The molecule has 2 aromatic heterocycles. The van der Waals surface area contributed by atoms with Crippen LogP contribution in [0.4, 0.5) is 13.2 Å². The average Bonchev–Trinajstić information content (AvgIpc) is 3.32. The van der Waals surface area contributed by atoms with Crippen molar-refractivity contribution < 1.29 is 18.0 Å². The van der Waals surface area contributed by atoms with Crippen LogP contribution in [0.2, 0.25) is 0 Å². The van der Waals surface area contributed by atoms with Gasteiger partial charge in [-0.3, -0.25) is 19.8 Å². The molecule has 0 aliphatic carbocycles. The minimum absolute atomic E-state index is 0.0459. The SMILES string of the molecule is CN1C(=O)C(c2cccc(-c3ccn[nH]3)c2)(c2ccc(C(F)(F)F)cn2)N=C1N. The van der Waals surface area contributed by atoms with Gasteiger partial charge in [0.15, 0.2) is 5.96 Å². The zero-order valence-electron chi connectivity index (χ0n) is 15.1. The maximum atomic E-state index is 13.2. The Morgan fingerprint density at radius 2 is 1.97 bits per heavy atom. The Morgan fingerprint density at radius 1 is 1.17 bits per heavy atom. The molecule has 1 amide bonds. The fourth-order valence-electron chi connectivity index (χ4n) is 3.25. The molecule has 0 radical (unpaired) electrons. The van der Waals surface area contributed by atoms with Crippen molar-refractivity contribution in [1.82, 2.24) is 20.1 Å². The van der Waals surface area contributed by atoms with E-state index in [1.54, 1.807) is 36.5 Å². The molecule has 7 nitrogen and oxygen atoms in total. The number of carbonyl (C=O) groups excluding carboxylic acids is 1. The van der Waals surface area contributed by atoms with Crippen molar-refractivity contribution in [3.63, 3.8) is 0 Å². The fraction of sp³-hybridized carbons (Fsp3) is 0.158. The number of guanidine groups is 1. The maximum Gasteiger partial charge on any atom is 0.417 e. The van der Waals surface area contributed by atoms with Crippen LogP contribution in [0.15, 0.2) is 59.9 Å². The summed E-state index contributed by atoms with van der Waals surface area (Å²) < 4.78 is 38.9. The van der Waals surface area contributed by atoms with E-state index in [1.165, 1.54) is 7.05 Å². The average molecular weight is 400 g/mol. The number of alkyl halides is 3. The number of nitrogens with zero attached hydrogens (tertiary/aromatic N) is 4. The maximum absolute atomic E-state index is 13.2. The number of hydrogen-bond acceptors (Lipinski definition) is 5. The lowest BCUT2D eigenvalue weighted by Crippen LogP contribution is -2.41. The van der Waals surface area contributed by atoms with Crippen LogP contribution in [0.3, 0.4) is 0 Å². The Bertz CT molecular complexity index is 1090. The van der Waals surface area contributed by atoms with E-state index in [2.05, 4.69) is 20.2 Å². The quantitative estimate of drug-likeness (QED) is 0.706. The summed E-state index contributed by atoms with van der Waals surface area (Å²) in [5.41, 5.74) is 5.18. The number of aliphatic imine (C=N–C) groups is 1. The largest absolute Gasteiger partial charge is 0.417 e. The molecule has 0 fully saturated rings. The molecule has 0 bridgehead atoms. The monoisotopic (exact) mass is 400 g/mol. The first-order valence-corrected chi connectivity index (χ1v) is 8.51. The predicted octanol–water partition coefficient (Wildman–Crippen LogP) is 2.52. The van der Waals surface area contributed by atoms with Crippen LogP contribution in [0, 0.1) is 0 Å². The van der Waals surface area contributed by atoms with Crippen LogP contribution in [0.1, 0.15) is 16.8 Å².